The lowest BCUT2D eigenvalue weighted by atomic mass is 10.0. The number of H-pyrrole nitrogens is 1. The number of fused-ring (bicyclic) bond motifs is 1. The molecule has 3 atom stereocenters. The Labute approximate surface area is 228 Å². The van der Waals surface area contributed by atoms with E-state index in [0.717, 1.165) is 10.9 Å². The molecule has 9 N–H and O–H groups in total. The van der Waals surface area contributed by atoms with E-state index < -0.39 is 54.3 Å². The summed E-state index contributed by atoms with van der Waals surface area (Å²) in [5, 5.41) is 35.9. The van der Waals surface area contributed by atoms with Gasteiger partial charge in [0.25, 0.3) is 0 Å². The van der Waals surface area contributed by atoms with Crippen LogP contribution >= 0.6 is 0 Å². The molecule has 0 bridgehead atoms. The van der Waals surface area contributed by atoms with Crippen molar-refractivity contribution in [1.29, 1.82) is 0 Å². The number of nitrogens with one attached hydrogen (secondary N) is 4. The quantitative estimate of drug-likeness (QED) is 0.134. The molecular formula is C27H31N5O8. The van der Waals surface area contributed by atoms with Crippen LogP contribution < -0.4 is 21.7 Å². The second-order valence-electron chi connectivity index (χ2n) is 9.21. The number of para-hydroxylation sites is 1. The summed E-state index contributed by atoms with van der Waals surface area (Å²) in [6.07, 6.45) is 1.21. The van der Waals surface area contributed by atoms with Crippen molar-refractivity contribution in [3.05, 3.63) is 65.9 Å². The number of carbonyl (C=O) groups is 5. The van der Waals surface area contributed by atoms with Crippen LogP contribution in [0.4, 0.5) is 0 Å². The number of hydrogen-bond donors (Lipinski definition) is 8. The fourth-order valence-electron chi connectivity index (χ4n) is 4.02. The van der Waals surface area contributed by atoms with Crippen LogP contribution in [0.25, 0.3) is 10.9 Å². The number of amides is 3. The van der Waals surface area contributed by atoms with Crippen molar-refractivity contribution in [2.24, 2.45) is 5.73 Å². The van der Waals surface area contributed by atoms with Gasteiger partial charge < -0.3 is 42.0 Å². The van der Waals surface area contributed by atoms with E-state index in [4.69, 9.17) is 10.8 Å². The highest BCUT2D eigenvalue weighted by Crippen LogP contribution is 2.19. The molecule has 1 aromatic heterocycles. The molecule has 3 rings (SSSR count). The van der Waals surface area contributed by atoms with Crippen LogP contribution in [0.5, 0.6) is 5.75 Å². The zero-order valence-corrected chi connectivity index (χ0v) is 21.4. The summed E-state index contributed by atoms with van der Waals surface area (Å²) in [6.45, 7) is -0.566. The number of hydrogen-bond acceptors (Lipinski definition) is 7. The minimum atomic E-state index is -1.29. The SMILES string of the molecule is NC(CCC(=O)O)C(=O)NC(Cc1c[nH]c2ccccc12)C(=O)NCC(=O)NC(Cc1ccc(O)cc1)C(=O)O. The number of aromatic amines is 1. The van der Waals surface area contributed by atoms with Gasteiger partial charge in [0.15, 0.2) is 0 Å². The lowest BCUT2D eigenvalue weighted by Crippen LogP contribution is -2.54. The lowest BCUT2D eigenvalue weighted by Gasteiger charge is -2.21. The highest BCUT2D eigenvalue weighted by molar-refractivity contribution is 5.93. The van der Waals surface area contributed by atoms with Crippen molar-refractivity contribution in [2.45, 2.75) is 43.8 Å². The maximum absolute atomic E-state index is 13.1. The Balaban J connectivity index is 1.66. The first-order valence-corrected chi connectivity index (χ1v) is 12.4. The molecule has 13 heteroatoms. The van der Waals surface area contributed by atoms with Crippen LogP contribution in [0.2, 0.25) is 0 Å². The highest BCUT2D eigenvalue weighted by atomic mass is 16.4. The second-order valence-corrected chi connectivity index (χ2v) is 9.21. The zero-order valence-electron chi connectivity index (χ0n) is 21.4. The molecule has 0 saturated heterocycles. The number of nitrogens with two attached hydrogens (primary N) is 1. The van der Waals surface area contributed by atoms with E-state index in [-0.39, 0.29) is 31.4 Å². The zero-order chi connectivity index (χ0) is 29.2. The molecular weight excluding hydrogens is 522 g/mol. The third-order valence-electron chi connectivity index (χ3n) is 6.17. The maximum atomic E-state index is 13.1. The second kappa shape index (κ2) is 13.8. The first kappa shape index (κ1) is 29.6. The predicted molar refractivity (Wildman–Crippen MR) is 143 cm³/mol. The van der Waals surface area contributed by atoms with Crippen LogP contribution in [0, 0.1) is 0 Å². The third kappa shape index (κ3) is 8.56. The Hall–Kier alpha value is -4.91. The molecule has 3 aromatic rings. The van der Waals surface area contributed by atoms with Crippen LogP contribution in [-0.2, 0) is 36.8 Å². The molecule has 2 aromatic carbocycles. The van der Waals surface area contributed by atoms with Gasteiger partial charge in [-0.25, -0.2) is 4.79 Å². The van der Waals surface area contributed by atoms with Gasteiger partial charge in [0.1, 0.15) is 17.8 Å². The molecule has 1 heterocycles. The van der Waals surface area contributed by atoms with Gasteiger partial charge in [0, 0.05) is 36.4 Å². The number of carboxylic acid groups (broad SMARTS) is 2. The standard InChI is InChI=1S/C27H31N5O8/c28-19(9-10-24(35)36)25(37)32-21(12-16-13-29-20-4-2-1-3-18(16)20)26(38)30-14-23(34)31-22(27(39)40)11-15-5-7-17(33)8-6-15/h1-8,13,19,21-22,29,33H,9-12,14,28H2,(H,30,38)(H,31,34)(H,32,37)(H,35,36)(H,39,40). The van der Waals surface area contributed by atoms with Gasteiger partial charge in [-0.2, -0.15) is 0 Å². The molecule has 0 spiro atoms. The fraction of sp³-hybridized carbons (Fsp3) is 0.296. The fourth-order valence-corrected chi connectivity index (χ4v) is 4.02. The summed E-state index contributed by atoms with van der Waals surface area (Å²) < 4.78 is 0. The molecule has 0 aliphatic rings. The van der Waals surface area contributed by atoms with Gasteiger partial charge in [-0.15, -0.1) is 0 Å². The normalized spacial score (nSPS) is 13.1. The topological polar surface area (TPSA) is 224 Å². The summed E-state index contributed by atoms with van der Waals surface area (Å²) in [5.74, 6) is -4.61. The van der Waals surface area contributed by atoms with E-state index in [1.54, 1.807) is 6.20 Å². The van der Waals surface area contributed by atoms with Crippen LogP contribution in [-0.4, -0.2) is 74.6 Å². The molecule has 3 amide bonds. The third-order valence-corrected chi connectivity index (χ3v) is 6.17. The van der Waals surface area contributed by atoms with E-state index in [9.17, 15) is 34.2 Å². The maximum Gasteiger partial charge on any atom is 0.326 e. The minimum Gasteiger partial charge on any atom is -0.508 e. The highest BCUT2D eigenvalue weighted by Gasteiger charge is 2.27. The van der Waals surface area contributed by atoms with E-state index >= 15 is 0 Å². The molecule has 0 aliphatic heterocycles. The van der Waals surface area contributed by atoms with Crippen molar-refractivity contribution >= 4 is 40.6 Å². The summed E-state index contributed by atoms with van der Waals surface area (Å²) in [4.78, 5) is 63.8. The summed E-state index contributed by atoms with van der Waals surface area (Å²) in [7, 11) is 0. The minimum absolute atomic E-state index is 0.0134. The molecule has 13 nitrogen and oxygen atoms in total. The molecule has 0 fully saturated rings. The lowest BCUT2D eigenvalue weighted by molar-refractivity contribution is -0.141. The first-order valence-electron chi connectivity index (χ1n) is 12.4. The van der Waals surface area contributed by atoms with Crippen LogP contribution in [0.1, 0.15) is 24.0 Å². The first-order chi connectivity index (χ1) is 19.0. The Morgan fingerprint density at radius 1 is 0.875 bits per heavy atom. The molecule has 212 valence electrons. The van der Waals surface area contributed by atoms with Crippen LogP contribution in [0.3, 0.4) is 0 Å². The molecule has 40 heavy (non-hydrogen) atoms. The van der Waals surface area contributed by atoms with E-state index in [1.807, 2.05) is 24.3 Å². The molecule has 0 radical (unpaired) electrons. The van der Waals surface area contributed by atoms with Crippen molar-refractivity contribution < 1.29 is 39.3 Å². The number of rotatable bonds is 14. The van der Waals surface area contributed by atoms with Gasteiger partial charge in [0.2, 0.25) is 17.7 Å². The van der Waals surface area contributed by atoms with Gasteiger partial charge in [-0.1, -0.05) is 30.3 Å². The number of aliphatic carboxylic acids is 2. The average molecular weight is 554 g/mol. The number of benzene rings is 2. The Kier molecular flexibility index (Phi) is 10.2. The Morgan fingerprint density at radius 2 is 1.57 bits per heavy atom. The van der Waals surface area contributed by atoms with Gasteiger partial charge in [-0.3, -0.25) is 19.2 Å². The van der Waals surface area contributed by atoms with E-state index in [0.29, 0.717) is 11.1 Å². The number of phenolic OH excluding ortho intramolecular Hbond substituents is 1. The van der Waals surface area contributed by atoms with Crippen molar-refractivity contribution in [3.63, 3.8) is 0 Å². The Bertz CT molecular complexity index is 1370. The number of carbonyl (C=O) groups excluding carboxylic acids is 3. The smallest absolute Gasteiger partial charge is 0.326 e. The summed E-state index contributed by atoms with van der Waals surface area (Å²) in [5.41, 5.74) is 7.89. The van der Waals surface area contributed by atoms with E-state index in [1.165, 1.54) is 24.3 Å². The largest absolute Gasteiger partial charge is 0.508 e. The number of carboxylic acids is 2. The monoisotopic (exact) mass is 553 g/mol. The summed E-state index contributed by atoms with van der Waals surface area (Å²) in [6, 6.07) is 9.55. The Morgan fingerprint density at radius 3 is 2.25 bits per heavy atom. The number of aromatic nitrogens is 1. The van der Waals surface area contributed by atoms with Crippen molar-refractivity contribution in [2.75, 3.05) is 6.54 Å². The molecule has 0 aliphatic carbocycles. The number of phenols is 1. The van der Waals surface area contributed by atoms with Gasteiger partial charge in [-0.05, 0) is 35.7 Å². The molecule has 0 saturated carbocycles. The average Bonchev–Trinajstić information content (AvgIpc) is 3.33. The summed E-state index contributed by atoms with van der Waals surface area (Å²) >= 11 is 0. The van der Waals surface area contributed by atoms with Gasteiger partial charge in [0.05, 0.1) is 12.6 Å². The van der Waals surface area contributed by atoms with Crippen LogP contribution in [0.15, 0.2) is 54.7 Å². The van der Waals surface area contributed by atoms with E-state index in [2.05, 4.69) is 20.9 Å². The van der Waals surface area contributed by atoms with Crippen molar-refractivity contribution in [3.8, 4) is 5.75 Å². The number of aromatic hydroxyl groups is 1. The van der Waals surface area contributed by atoms with Gasteiger partial charge >= 0.3 is 11.9 Å². The predicted octanol–water partition coefficient (Wildman–Crippen LogP) is 0.0212. The van der Waals surface area contributed by atoms with Crippen molar-refractivity contribution in [1.82, 2.24) is 20.9 Å². The molecule has 3 unspecified atom stereocenters.